The molecule has 3 N–H and O–H groups in total. The van der Waals surface area contributed by atoms with Gasteiger partial charge in [0.05, 0.1) is 18.2 Å². The second-order valence-electron chi connectivity index (χ2n) is 15.6. The lowest BCUT2D eigenvalue weighted by atomic mass is 9.84. The summed E-state index contributed by atoms with van der Waals surface area (Å²) in [4.78, 5) is 62.7. The number of carbonyl (C=O) groups is 4. The Morgan fingerprint density at radius 1 is 0.896 bits per heavy atom. The van der Waals surface area contributed by atoms with Gasteiger partial charge in [-0.25, -0.2) is 0 Å². The molecule has 3 saturated heterocycles. The zero-order valence-electron chi connectivity index (χ0n) is 30.3. The molecule has 0 aliphatic carbocycles. The zero-order chi connectivity index (χ0) is 35.2. The number of nitrogens with one attached hydrogen (secondary N) is 2. The van der Waals surface area contributed by atoms with Crippen LogP contribution in [0.5, 0.6) is 0 Å². The van der Waals surface area contributed by atoms with Crippen molar-refractivity contribution >= 4 is 23.6 Å². The quantitative estimate of drug-likeness (QED) is 0.313. The van der Waals surface area contributed by atoms with E-state index in [2.05, 4.69) is 34.3 Å². The molecule has 0 aromatic heterocycles. The van der Waals surface area contributed by atoms with Crippen LogP contribution >= 0.6 is 0 Å². The number of nitrogens with zero attached hydrogens (tertiary/aromatic N) is 4. The number of likely N-dealkylation sites (N-methyl/N-ethyl adjacent to an activating group) is 2. The Bertz CT molecular complexity index is 1250. The van der Waals surface area contributed by atoms with Gasteiger partial charge < -0.3 is 25.5 Å². The SMILES string of the molecule is CC(C)[C@@H](CN1CCC[C@H]1C(=O)N1CCC[C@H]1C(=O)NC[C@@H](O)c1ccccc1)N(C)C(=O)[C@@H](NC(=O)C1CCCCN1C)C(C)(C)C. The molecule has 1 unspecified atom stereocenters. The monoisotopic (exact) mass is 668 g/mol. The minimum Gasteiger partial charge on any atom is -0.387 e. The molecule has 3 aliphatic heterocycles. The first kappa shape index (κ1) is 37.8. The summed E-state index contributed by atoms with van der Waals surface area (Å²) in [6.07, 6.45) is 4.95. The van der Waals surface area contributed by atoms with E-state index in [1.807, 2.05) is 65.2 Å². The van der Waals surface area contributed by atoms with Crippen LogP contribution in [0.2, 0.25) is 0 Å². The van der Waals surface area contributed by atoms with Crippen LogP contribution in [0.3, 0.4) is 0 Å². The summed E-state index contributed by atoms with van der Waals surface area (Å²) in [6.45, 7) is 12.9. The average Bonchev–Trinajstić information content (AvgIpc) is 3.74. The lowest BCUT2D eigenvalue weighted by molar-refractivity contribution is -0.144. The van der Waals surface area contributed by atoms with Gasteiger partial charge in [-0.15, -0.1) is 0 Å². The van der Waals surface area contributed by atoms with Crippen molar-refractivity contribution in [3.63, 3.8) is 0 Å². The first-order valence-electron chi connectivity index (χ1n) is 18.0. The van der Waals surface area contributed by atoms with Crippen LogP contribution in [0.1, 0.15) is 91.2 Å². The number of likely N-dealkylation sites (tertiary alicyclic amines) is 3. The fraction of sp³-hybridized carbons (Fsp3) is 0.730. The van der Waals surface area contributed by atoms with E-state index in [0.717, 1.165) is 50.8 Å². The van der Waals surface area contributed by atoms with Crippen molar-refractivity contribution in [1.29, 1.82) is 0 Å². The molecule has 3 fully saturated rings. The maximum absolute atomic E-state index is 14.2. The van der Waals surface area contributed by atoms with Crippen LogP contribution in [0.25, 0.3) is 0 Å². The van der Waals surface area contributed by atoms with Gasteiger partial charge >= 0.3 is 0 Å². The van der Waals surface area contributed by atoms with Crippen molar-refractivity contribution in [2.24, 2.45) is 11.3 Å². The number of amides is 4. The third-order valence-electron chi connectivity index (χ3n) is 10.7. The molecule has 0 saturated carbocycles. The van der Waals surface area contributed by atoms with E-state index in [4.69, 9.17) is 0 Å². The lowest BCUT2D eigenvalue weighted by Crippen LogP contribution is -2.61. The average molecular weight is 669 g/mol. The summed E-state index contributed by atoms with van der Waals surface area (Å²) in [5, 5.41) is 16.5. The maximum Gasteiger partial charge on any atom is 0.245 e. The van der Waals surface area contributed by atoms with Crippen LogP contribution in [0.15, 0.2) is 30.3 Å². The molecule has 11 heteroatoms. The van der Waals surface area contributed by atoms with Gasteiger partial charge in [0.15, 0.2) is 0 Å². The van der Waals surface area contributed by atoms with Crippen LogP contribution < -0.4 is 10.6 Å². The molecule has 4 amide bonds. The molecule has 0 radical (unpaired) electrons. The van der Waals surface area contributed by atoms with E-state index >= 15 is 0 Å². The van der Waals surface area contributed by atoms with E-state index < -0.39 is 23.6 Å². The summed E-state index contributed by atoms with van der Waals surface area (Å²) < 4.78 is 0. The van der Waals surface area contributed by atoms with Crippen LogP contribution in [-0.4, -0.2) is 125 Å². The third-order valence-corrected chi connectivity index (χ3v) is 10.7. The molecule has 0 bridgehead atoms. The Balaban J connectivity index is 1.41. The van der Waals surface area contributed by atoms with Gasteiger partial charge in [0.1, 0.15) is 12.1 Å². The molecule has 0 spiro atoms. The maximum atomic E-state index is 14.2. The van der Waals surface area contributed by atoms with Crippen molar-refractivity contribution in [2.75, 3.05) is 46.8 Å². The van der Waals surface area contributed by atoms with Gasteiger partial charge in [-0.3, -0.25) is 29.0 Å². The minimum atomic E-state index is -0.821. The van der Waals surface area contributed by atoms with Crippen molar-refractivity contribution in [3.8, 4) is 0 Å². The minimum absolute atomic E-state index is 0.0401. The summed E-state index contributed by atoms with van der Waals surface area (Å²) in [7, 11) is 3.79. The largest absolute Gasteiger partial charge is 0.387 e. The first-order chi connectivity index (χ1) is 22.7. The Kier molecular flexibility index (Phi) is 13.1. The van der Waals surface area contributed by atoms with Gasteiger partial charge in [-0.2, -0.15) is 0 Å². The number of hydrogen-bond acceptors (Lipinski definition) is 7. The molecule has 3 aliphatic rings. The molecular formula is C37H60N6O5. The van der Waals surface area contributed by atoms with E-state index in [-0.39, 0.29) is 54.2 Å². The molecule has 1 aromatic carbocycles. The Labute approximate surface area is 287 Å². The Morgan fingerprint density at radius 2 is 1.54 bits per heavy atom. The van der Waals surface area contributed by atoms with E-state index in [1.54, 1.807) is 9.80 Å². The number of carbonyl (C=O) groups excluding carboxylic acids is 4. The molecular weight excluding hydrogens is 608 g/mol. The van der Waals surface area contributed by atoms with Gasteiger partial charge in [-0.1, -0.05) is 71.4 Å². The number of rotatable bonds is 12. The number of benzene rings is 1. The first-order valence-corrected chi connectivity index (χ1v) is 18.0. The number of hydrogen-bond donors (Lipinski definition) is 3. The van der Waals surface area contributed by atoms with Crippen molar-refractivity contribution in [3.05, 3.63) is 35.9 Å². The highest BCUT2D eigenvalue weighted by atomic mass is 16.3. The zero-order valence-corrected chi connectivity index (χ0v) is 30.3. The van der Waals surface area contributed by atoms with Crippen LogP contribution in [0.4, 0.5) is 0 Å². The van der Waals surface area contributed by atoms with Crippen molar-refractivity contribution < 1.29 is 24.3 Å². The van der Waals surface area contributed by atoms with E-state index in [1.165, 1.54) is 0 Å². The number of piperidine rings is 1. The third kappa shape index (κ3) is 9.15. The smallest absolute Gasteiger partial charge is 0.245 e. The lowest BCUT2D eigenvalue weighted by Gasteiger charge is -2.41. The highest BCUT2D eigenvalue weighted by Gasteiger charge is 2.43. The summed E-state index contributed by atoms with van der Waals surface area (Å²) in [5.74, 6) is -0.382. The summed E-state index contributed by atoms with van der Waals surface area (Å²) >= 11 is 0. The fourth-order valence-corrected chi connectivity index (χ4v) is 7.61. The van der Waals surface area contributed by atoms with Crippen LogP contribution in [-0.2, 0) is 19.2 Å². The van der Waals surface area contributed by atoms with Gasteiger partial charge in [0, 0.05) is 32.7 Å². The highest BCUT2D eigenvalue weighted by molar-refractivity contribution is 5.91. The number of aliphatic hydroxyl groups is 1. The normalized spacial score (nSPS) is 24.3. The van der Waals surface area contributed by atoms with Gasteiger partial charge in [-0.05, 0) is 75.6 Å². The molecule has 3 heterocycles. The Hall–Kier alpha value is -3.02. The van der Waals surface area contributed by atoms with Gasteiger partial charge in [0.2, 0.25) is 23.6 Å². The second-order valence-corrected chi connectivity index (χ2v) is 15.6. The molecule has 48 heavy (non-hydrogen) atoms. The topological polar surface area (TPSA) is 126 Å². The molecule has 11 nitrogen and oxygen atoms in total. The van der Waals surface area contributed by atoms with E-state index in [0.29, 0.717) is 25.9 Å². The summed E-state index contributed by atoms with van der Waals surface area (Å²) in [5.41, 5.74) is 0.236. The molecule has 6 atom stereocenters. The Morgan fingerprint density at radius 3 is 2.19 bits per heavy atom. The van der Waals surface area contributed by atoms with E-state index in [9.17, 15) is 24.3 Å². The molecule has 268 valence electrons. The predicted molar refractivity (Wildman–Crippen MR) is 187 cm³/mol. The fourth-order valence-electron chi connectivity index (χ4n) is 7.61. The molecule has 4 rings (SSSR count). The summed E-state index contributed by atoms with van der Waals surface area (Å²) in [6, 6.07) is 7.19. The standard InChI is InChI=1S/C37H60N6O5/c1-25(2)30(41(7)36(48)32(37(3,4)5)39-34(46)27-17-11-12-20-40(27)6)24-42-21-13-19-29(42)35(47)43-22-14-18-28(43)33(45)38-23-31(44)26-15-9-8-10-16-26/h8-10,15-16,25,27-32,44H,11-14,17-24H2,1-7H3,(H,38,45)(H,39,46)/t27?,28-,29-,30+,31+,32+/m0/s1. The van der Waals surface area contributed by atoms with Crippen LogP contribution in [0, 0.1) is 11.3 Å². The second kappa shape index (κ2) is 16.6. The number of aliphatic hydroxyl groups excluding tert-OH is 1. The van der Waals surface area contributed by atoms with Crippen molar-refractivity contribution in [1.82, 2.24) is 30.2 Å². The molecule has 1 aromatic rings. The van der Waals surface area contributed by atoms with Crippen molar-refractivity contribution in [2.45, 2.75) is 116 Å². The predicted octanol–water partition coefficient (Wildman–Crippen LogP) is 2.79. The van der Waals surface area contributed by atoms with Gasteiger partial charge in [0.25, 0.3) is 0 Å². The highest BCUT2D eigenvalue weighted by Crippen LogP contribution is 2.28.